The SMILES string of the molecule is C#CCN(OC)C1CCCC1. The summed E-state index contributed by atoms with van der Waals surface area (Å²) in [5.74, 6) is 2.60. The average molecular weight is 153 g/mol. The normalized spacial score (nSPS) is 19.0. The molecule has 0 heterocycles. The van der Waals surface area contributed by atoms with E-state index in [1.165, 1.54) is 25.7 Å². The van der Waals surface area contributed by atoms with Gasteiger partial charge in [0.15, 0.2) is 0 Å². The van der Waals surface area contributed by atoms with Gasteiger partial charge in [0.1, 0.15) is 0 Å². The Labute approximate surface area is 68.5 Å². The first kappa shape index (κ1) is 8.58. The fourth-order valence-electron chi connectivity index (χ4n) is 1.62. The van der Waals surface area contributed by atoms with Gasteiger partial charge in [-0.25, -0.2) is 0 Å². The predicted octanol–water partition coefficient (Wildman–Crippen LogP) is 1.43. The van der Waals surface area contributed by atoms with Gasteiger partial charge in [0.2, 0.25) is 0 Å². The lowest BCUT2D eigenvalue weighted by molar-refractivity contribution is -0.150. The van der Waals surface area contributed by atoms with Crippen LogP contribution in [0.5, 0.6) is 0 Å². The van der Waals surface area contributed by atoms with Crippen molar-refractivity contribution in [2.24, 2.45) is 0 Å². The van der Waals surface area contributed by atoms with E-state index in [0.29, 0.717) is 12.6 Å². The molecule has 0 aromatic rings. The number of hydroxylamine groups is 2. The van der Waals surface area contributed by atoms with Crippen LogP contribution in [0.1, 0.15) is 25.7 Å². The van der Waals surface area contributed by atoms with Crippen LogP contribution in [0.3, 0.4) is 0 Å². The third-order valence-electron chi connectivity index (χ3n) is 2.21. The summed E-state index contributed by atoms with van der Waals surface area (Å²) in [6.07, 6.45) is 10.3. The quantitative estimate of drug-likeness (QED) is 0.449. The molecule has 2 nitrogen and oxygen atoms in total. The van der Waals surface area contributed by atoms with E-state index >= 15 is 0 Å². The summed E-state index contributed by atoms with van der Waals surface area (Å²) in [6, 6.07) is 0.566. The molecule has 0 aromatic heterocycles. The summed E-state index contributed by atoms with van der Waals surface area (Å²) < 4.78 is 0. The second kappa shape index (κ2) is 4.38. The van der Waals surface area contributed by atoms with E-state index in [-0.39, 0.29) is 0 Å². The molecule has 62 valence electrons. The van der Waals surface area contributed by atoms with Crippen LogP contribution in [-0.2, 0) is 4.84 Å². The summed E-state index contributed by atoms with van der Waals surface area (Å²) in [5, 5.41) is 1.91. The van der Waals surface area contributed by atoms with Crippen molar-refractivity contribution in [2.75, 3.05) is 13.7 Å². The van der Waals surface area contributed by atoms with E-state index in [9.17, 15) is 0 Å². The number of terminal acetylenes is 1. The van der Waals surface area contributed by atoms with Crippen molar-refractivity contribution < 1.29 is 4.84 Å². The van der Waals surface area contributed by atoms with E-state index in [1.807, 2.05) is 5.06 Å². The molecular weight excluding hydrogens is 138 g/mol. The van der Waals surface area contributed by atoms with Crippen LogP contribution in [0.4, 0.5) is 0 Å². The summed E-state index contributed by atoms with van der Waals surface area (Å²) in [6.45, 7) is 0.612. The molecule has 1 saturated carbocycles. The summed E-state index contributed by atoms with van der Waals surface area (Å²) >= 11 is 0. The molecule has 0 bridgehead atoms. The smallest absolute Gasteiger partial charge is 0.0852 e. The average Bonchev–Trinajstić information content (AvgIpc) is 2.52. The number of nitrogens with zero attached hydrogens (tertiary/aromatic N) is 1. The standard InChI is InChI=1S/C9H15NO/c1-3-8-10(11-2)9-6-4-5-7-9/h1,9H,4-8H2,2H3. The molecular formula is C9H15NO. The Morgan fingerprint density at radius 2 is 2.18 bits per heavy atom. The van der Waals surface area contributed by atoms with Gasteiger partial charge < -0.3 is 4.84 Å². The molecule has 0 unspecified atom stereocenters. The lowest BCUT2D eigenvalue weighted by Crippen LogP contribution is -2.32. The van der Waals surface area contributed by atoms with E-state index < -0.39 is 0 Å². The molecule has 0 aromatic carbocycles. The summed E-state index contributed by atoms with van der Waals surface area (Å²) in [7, 11) is 1.69. The first-order chi connectivity index (χ1) is 5.38. The van der Waals surface area contributed by atoms with Crippen LogP contribution in [0.25, 0.3) is 0 Å². The van der Waals surface area contributed by atoms with Crippen molar-refractivity contribution in [1.82, 2.24) is 5.06 Å². The zero-order valence-electron chi connectivity index (χ0n) is 7.05. The molecule has 0 atom stereocenters. The van der Waals surface area contributed by atoms with Crippen molar-refractivity contribution in [3.05, 3.63) is 0 Å². The van der Waals surface area contributed by atoms with Crippen LogP contribution in [0, 0.1) is 12.3 Å². The lowest BCUT2D eigenvalue weighted by atomic mass is 10.2. The highest BCUT2D eigenvalue weighted by atomic mass is 16.7. The zero-order chi connectivity index (χ0) is 8.10. The van der Waals surface area contributed by atoms with Gasteiger partial charge in [-0.05, 0) is 12.8 Å². The van der Waals surface area contributed by atoms with Crippen molar-refractivity contribution in [2.45, 2.75) is 31.7 Å². The fourth-order valence-corrected chi connectivity index (χ4v) is 1.62. The Balaban J connectivity index is 2.34. The molecule has 0 radical (unpaired) electrons. The minimum absolute atomic E-state index is 0.566. The van der Waals surface area contributed by atoms with Gasteiger partial charge in [-0.2, -0.15) is 5.06 Å². The molecule has 1 rings (SSSR count). The maximum Gasteiger partial charge on any atom is 0.0852 e. The van der Waals surface area contributed by atoms with E-state index in [4.69, 9.17) is 11.3 Å². The highest BCUT2D eigenvalue weighted by Gasteiger charge is 2.21. The maximum absolute atomic E-state index is 5.20. The van der Waals surface area contributed by atoms with E-state index in [0.717, 1.165) is 0 Å². The van der Waals surface area contributed by atoms with Crippen LogP contribution in [-0.4, -0.2) is 24.8 Å². The minimum atomic E-state index is 0.566. The first-order valence-corrected chi connectivity index (χ1v) is 4.12. The third kappa shape index (κ3) is 2.21. The fraction of sp³-hybridized carbons (Fsp3) is 0.778. The summed E-state index contributed by atoms with van der Waals surface area (Å²) in [4.78, 5) is 5.17. The summed E-state index contributed by atoms with van der Waals surface area (Å²) in [5.41, 5.74) is 0. The van der Waals surface area contributed by atoms with Crippen molar-refractivity contribution in [3.63, 3.8) is 0 Å². The first-order valence-electron chi connectivity index (χ1n) is 4.12. The monoisotopic (exact) mass is 153 g/mol. The molecule has 0 aliphatic heterocycles. The minimum Gasteiger partial charge on any atom is -0.301 e. The molecule has 2 heteroatoms. The Bertz CT molecular complexity index is 144. The van der Waals surface area contributed by atoms with E-state index in [1.54, 1.807) is 7.11 Å². The van der Waals surface area contributed by atoms with Gasteiger partial charge in [-0.15, -0.1) is 6.42 Å². The Morgan fingerprint density at radius 3 is 2.64 bits per heavy atom. The van der Waals surface area contributed by atoms with Crippen molar-refractivity contribution >= 4 is 0 Å². The van der Waals surface area contributed by atoms with Gasteiger partial charge in [-0.3, -0.25) is 0 Å². The second-order valence-corrected chi connectivity index (χ2v) is 2.90. The molecule has 1 aliphatic rings. The number of hydrogen-bond acceptors (Lipinski definition) is 2. The molecule has 0 amide bonds. The van der Waals surface area contributed by atoms with Gasteiger partial charge in [0.25, 0.3) is 0 Å². The van der Waals surface area contributed by atoms with Crippen LogP contribution in [0.15, 0.2) is 0 Å². The lowest BCUT2D eigenvalue weighted by Gasteiger charge is -2.23. The van der Waals surface area contributed by atoms with E-state index in [2.05, 4.69) is 5.92 Å². The number of hydrogen-bond donors (Lipinski definition) is 0. The molecule has 0 spiro atoms. The molecule has 1 fully saturated rings. The second-order valence-electron chi connectivity index (χ2n) is 2.90. The largest absolute Gasteiger partial charge is 0.301 e. The molecule has 0 saturated heterocycles. The number of rotatable bonds is 3. The molecule has 11 heavy (non-hydrogen) atoms. The predicted molar refractivity (Wildman–Crippen MR) is 44.8 cm³/mol. The highest BCUT2D eigenvalue weighted by Crippen LogP contribution is 2.22. The van der Waals surface area contributed by atoms with Crippen LogP contribution in [0.2, 0.25) is 0 Å². The topological polar surface area (TPSA) is 12.5 Å². The molecule has 0 N–H and O–H groups in total. The van der Waals surface area contributed by atoms with Gasteiger partial charge in [0, 0.05) is 6.04 Å². The van der Waals surface area contributed by atoms with Crippen LogP contribution >= 0.6 is 0 Å². The Kier molecular flexibility index (Phi) is 3.41. The molecule has 1 aliphatic carbocycles. The Hall–Kier alpha value is -0.520. The van der Waals surface area contributed by atoms with Crippen molar-refractivity contribution in [3.8, 4) is 12.3 Å². The maximum atomic E-state index is 5.20. The zero-order valence-corrected chi connectivity index (χ0v) is 7.05. The van der Waals surface area contributed by atoms with Gasteiger partial charge in [0.05, 0.1) is 13.7 Å². The van der Waals surface area contributed by atoms with Crippen LogP contribution < -0.4 is 0 Å². The van der Waals surface area contributed by atoms with Crippen molar-refractivity contribution in [1.29, 1.82) is 0 Å². The van der Waals surface area contributed by atoms with Gasteiger partial charge >= 0.3 is 0 Å². The van der Waals surface area contributed by atoms with Gasteiger partial charge in [-0.1, -0.05) is 18.8 Å². The Morgan fingerprint density at radius 1 is 1.55 bits per heavy atom. The highest BCUT2D eigenvalue weighted by molar-refractivity contribution is 4.88. The third-order valence-corrected chi connectivity index (χ3v) is 2.21.